The summed E-state index contributed by atoms with van der Waals surface area (Å²) in [7, 11) is 1.58. The van der Waals surface area contributed by atoms with Gasteiger partial charge in [-0.25, -0.2) is 0 Å². The minimum atomic E-state index is -0.368. The zero-order valence-corrected chi connectivity index (χ0v) is 8.12. The Labute approximate surface area is 82.7 Å². The molecule has 0 aromatic carbocycles. The number of nitrogens with zero attached hydrogens (tertiary/aromatic N) is 2. The van der Waals surface area contributed by atoms with Gasteiger partial charge in [0.1, 0.15) is 0 Å². The minimum absolute atomic E-state index is 0.0715. The monoisotopic (exact) mass is 198 g/mol. The van der Waals surface area contributed by atoms with Crippen LogP contribution >= 0.6 is 0 Å². The predicted octanol–water partition coefficient (Wildman–Crippen LogP) is -1.57. The second-order valence-electron chi connectivity index (χ2n) is 2.70. The molecule has 0 fully saturated rings. The molecule has 0 atom stereocenters. The van der Waals surface area contributed by atoms with Crippen LogP contribution in [0.5, 0.6) is 0 Å². The first-order chi connectivity index (χ1) is 6.61. The number of amides is 2. The summed E-state index contributed by atoms with van der Waals surface area (Å²) in [6.07, 6.45) is 0.285. The average molecular weight is 198 g/mol. The minimum Gasteiger partial charge on any atom is -0.346 e. The van der Waals surface area contributed by atoms with Crippen molar-refractivity contribution in [1.29, 1.82) is 5.26 Å². The van der Waals surface area contributed by atoms with E-state index in [1.165, 1.54) is 4.90 Å². The van der Waals surface area contributed by atoms with Crippen LogP contribution in [-0.2, 0) is 9.59 Å². The number of nitrogens with one attached hydrogen (secondary N) is 1. The Morgan fingerprint density at radius 1 is 1.57 bits per heavy atom. The van der Waals surface area contributed by atoms with Crippen molar-refractivity contribution in [3.63, 3.8) is 0 Å². The van der Waals surface area contributed by atoms with Crippen LogP contribution in [0.15, 0.2) is 0 Å². The van der Waals surface area contributed by atoms with Crippen molar-refractivity contribution in [2.45, 2.75) is 6.42 Å². The van der Waals surface area contributed by atoms with E-state index in [0.717, 1.165) is 0 Å². The molecule has 6 heteroatoms. The molecule has 2 amide bonds. The highest BCUT2D eigenvalue weighted by Gasteiger charge is 2.08. The van der Waals surface area contributed by atoms with Crippen LogP contribution in [0.25, 0.3) is 0 Å². The number of hydrogen-bond acceptors (Lipinski definition) is 4. The van der Waals surface area contributed by atoms with Crippen LogP contribution < -0.4 is 11.1 Å². The van der Waals surface area contributed by atoms with Gasteiger partial charge in [0.05, 0.1) is 25.6 Å². The summed E-state index contributed by atoms with van der Waals surface area (Å²) in [5, 5.41) is 10.6. The number of hydrogen-bond donors (Lipinski definition) is 2. The number of nitrogens with two attached hydrogens (primary N) is 1. The van der Waals surface area contributed by atoms with Crippen molar-refractivity contribution < 1.29 is 9.59 Å². The molecule has 0 unspecified atom stereocenters. The molecule has 14 heavy (non-hydrogen) atoms. The van der Waals surface area contributed by atoms with E-state index in [2.05, 4.69) is 5.32 Å². The maximum absolute atomic E-state index is 11.2. The van der Waals surface area contributed by atoms with Crippen LogP contribution in [0.2, 0.25) is 0 Å². The van der Waals surface area contributed by atoms with E-state index in [9.17, 15) is 9.59 Å². The summed E-state index contributed by atoms with van der Waals surface area (Å²) in [4.78, 5) is 23.3. The third-order valence-corrected chi connectivity index (χ3v) is 1.61. The van der Waals surface area contributed by atoms with Gasteiger partial charge in [-0.05, 0) is 0 Å². The van der Waals surface area contributed by atoms with Gasteiger partial charge in [-0.3, -0.25) is 9.59 Å². The van der Waals surface area contributed by atoms with Gasteiger partial charge in [0.2, 0.25) is 11.8 Å². The van der Waals surface area contributed by atoms with Crippen molar-refractivity contribution in [3.8, 4) is 6.07 Å². The van der Waals surface area contributed by atoms with E-state index < -0.39 is 0 Å². The van der Waals surface area contributed by atoms with Crippen LogP contribution in [0.4, 0.5) is 0 Å². The Hall–Kier alpha value is -1.61. The van der Waals surface area contributed by atoms with Crippen molar-refractivity contribution >= 4 is 11.8 Å². The summed E-state index contributed by atoms with van der Waals surface area (Å²) in [5.41, 5.74) is 5.03. The number of nitriles is 1. The fraction of sp³-hybridized carbons (Fsp3) is 0.625. The Morgan fingerprint density at radius 3 is 2.71 bits per heavy atom. The van der Waals surface area contributed by atoms with Gasteiger partial charge in [-0.1, -0.05) is 0 Å². The van der Waals surface area contributed by atoms with E-state index >= 15 is 0 Å². The van der Waals surface area contributed by atoms with E-state index in [4.69, 9.17) is 11.0 Å². The molecule has 0 radical (unpaired) electrons. The predicted molar refractivity (Wildman–Crippen MR) is 49.9 cm³/mol. The highest BCUT2D eigenvalue weighted by Crippen LogP contribution is 1.86. The number of carbonyl (C=O) groups is 2. The number of rotatable bonds is 5. The maximum Gasteiger partial charge on any atom is 0.241 e. The second kappa shape index (κ2) is 6.86. The smallest absolute Gasteiger partial charge is 0.241 e. The molecule has 0 aliphatic carbocycles. The van der Waals surface area contributed by atoms with Crippen LogP contribution in [0.1, 0.15) is 6.42 Å². The molecule has 0 aromatic rings. The van der Waals surface area contributed by atoms with E-state index in [1.54, 1.807) is 7.05 Å². The molecular weight excluding hydrogens is 184 g/mol. The molecule has 0 aliphatic rings. The van der Waals surface area contributed by atoms with Gasteiger partial charge in [-0.2, -0.15) is 5.26 Å². The fourth-order valence-electron chi connectivity index (χ4n) is 0.724. The zero-order chi connectivity index (χ0) is 11.0. The number of carbonyl (C=O) groups excluding carboxylic acids is 2. The molecule has 0 spiro atoms. The first-order valence-corrected chi connectivity index (χ1v) is 4.19. The summed E-state index contributed by atoms with van der Waals surface area (Å²) in [6, 6.07) is 1.93. The standard InChI is InChI=1S/C8H14N4O2/c1-12(4-2-3-9)8(14)6-11-7(13)5-10/h2,4-6,10H2,1H3,(H,11,13). The molecular formula is C8H14N4O2. The third-order valence-electron chi connectivity index (χ3n) is 1.61. The second-order valence-corrected chi connectivity index (χ2v) is 2.70. The van der Waals surface area contributed by atoms with Crippen molar-refractivity contribution in [2.75, 3.05) is 26.7 Å². The van der Waals surface area contributed by atoms with Crippen molar-refractivity contribution in [3.05, 3.63) is 0 Å². The van der Waals surface area contributed by atoms with Crippen LogP contribution in [0.3, 0.4) is 0 Å². The van der Waals surface area contributed by atoms with E-state index in [1.807, 2.05) is 6.07 Å². The molecule has 0 aromatic heterocycles. The lowest BCUT2D eigenvalue weighted by Gasteiger charge is -2.15. The first kappa shape index (κ1) is 12.4. The molecule has 3 N–H and O–H groups in total. The first-order valence-electron chi connectivity index (χ1n) is 4.19. The van der Waals surface area contributed by atoms with Gasteiger partial charge in [-0.15, -0.1) is 0 Å². The quantitative estimate of drug-likeness (QED) is 0.557. The Morgan fingerprint density at radius 2 is 2.21 bits per heavy atom. The SMILES string of the molecule is CN(CCC#N)C(=O)CNC(=O)CN. The highest BCUT2D eigenvalue weighted by molar-refractivity contribution is 5.85. The third kappa shape index (κ3) is 5.11. The lowest BCUT2D eigenvalue weighted by molar-refractivity contribution is -0.131. The highest BCUT2D eigenvalue weighted by atomic mass is 16.2. The molecule has 0 saturated heterocycles. The summed E-state index contributed by atoms with van der Waals surface area (Å²) in [6.45, 7) is 0.168. The fourth-order valence-corrected chi connectivity index (χ4v) is 0.724. The van der Waals surface area contributed by atoms with Crippen LogP contribution in [0, 0.1) is 11.3 Å². The topological polar surface area (TPSA) is 99.2 Å². The van der Waals surface area contributed by atoms with Gasteiger partial charge in [0.15, 0.2) is 0 Å². The molecule has 0 aliphatic heterocycles. The molecule has 0 bridgehead atoms. The van der Waals surface area contributed by atoms with Crippen molar-refractivity contribution in [2.24, 2.45) is 5.73 Å². The summed E-state index contributed by atoms with van der Waals surface area (Å²) < 4.78 is 0. The van der Waals surface area contributed by atoms with Gasteiger partial charge < -0.3 is 16.0 Å². The maximum atomic E-state index is 11.2. The van der Waals surface area contributed by atoms with E-state index in [0.29, 0.717) is 6.54 Å². The Balaban J connectivity index is 3.73. The zero-order valence-electron chi connectivity index (χ0n) is 8.12. The summed E-state index contributed by atoms with van der Waals surface area (Å²) in [5.74, 6) is -0.603. The lowest BCUT2D eigenvalue weighted by Crippen LogP contribution is -2.40. The Kier molecular flexibility index (Phi) is 6.07. The average Bonchev–Trinajstić information content (AvgIpc) is 2.21. The van der Waals surface area contributed by atoms with Gasteiger partial charge >= 0.3 is 0 Å². The van der Waals surface area contributed by atoms with Gasteiger partial charge in [0, 0.05) is 13.6 Å². The summed E-state index contributed by atoms with van der Waals surface area (Å²) >= 11 is 0. The van der Waals surface area contributed by atoms with Gasteiger partial charge in [0.25, 0.3) is 0 Å². The van der Waals surface area contributed by atoms with Crippen molar-refractivity contribution in [1.82, 2.24) is 10.2 Å². The molecule has 6 nitrogen and oxygen atoms in total. The molecule has 0 heterocycles. The lowest BCUT2D eigenvalue weighted by atomic mass is 10.4. The molecule has 0 rings (SSSR count). The molecule has 0 saturated carbocycles. The molecule has 78 valence electrons. The Bertz CT molecular complexity index is 246. The normalized spacial score (nSPS) is 8.93. The largest absolute Gasteiger partial charge is 0.346 e. The van der Waals surface area contributed by atoms with E-state index in [-0.39, 0.29) is 31.3 Å². The number of likely N-dealkylation sites (N-methyl/N-ethyl adjacent to an activating group) is 1. The van der Waals surface area contributed by atoms with Crippen LogP contribution in [-0.4, -0.2) is 43.4 Å².